The van der Waals surface area contributed by atoms with Gasteiger partial charge in [-0.2, -0.15) is 0 Å². The molecule has 1 aromatic rings. The third-order valence-electron chi connectivity index (χ3n) is 2.99. The van der Waals surface area contributed by atoms with Crippen LogP contribution in [0.4, 0.5) is 9.18 Å². The average molecular weight is 293 g/mol. The molecule has 0 unspecified atom stereocenters. The van der Waals surface area contributed by atoms with Gasteiger partial charge in [0.25, 0.3) is 0 Å². The predicted molar refractivity (Wildman–Crippen MR) is 68.1 cm³/mol. The van der Waals surface area contributed by atoms with Gasteiger partial charge < -0.3 is 5.32 Å². The molecule has 1 fully saturated rings. The number of urea groups is 1. The van der Waals surface area contributed by atoms with Gasteiger partial charge in [0.2, 0.25) is 5.91 Å². The van der Waals surface area contributed by atoms with Crippen molar-refractivity contribution < 1.29 is 23.6 Å². The van der Waals surface area contributed by atoms with Crippen LogP contribution in [0.3, 0.4) is 0 Å². The summed E-state index contributed by atoms with van der Waals surface area (Å²) < 4.78 is 13.4. The van der Waals surface area contributed by atoms with Crippen LogP contribution in [-0.2, 0) is 20.9 Å². The molecule has 1 aromatic carbocycles. The number of benzene rings is 1. The van der Waals surface area contributed by atoms with Gasteiger partial charge in [-0.15, -0.1) is 0 Å². The first-order chi connectivity index (χ1) is 9.91. The zero-order valence-corrected chi connectivity index (χ0v) is 11.1. The lowest BCUT2D eigenvalue weighted by atomic mass is 10.2. The molecule has 0 bridgehead atoms. The van der Waals surface area contributed by atoms with Gasteiger partial charge in [-0.25, -0.2) is 14.1 Å². The lowest BCUT2D eigenvalue weighted by Gasteiger charge is -2.12. The van der Waals surface area contributed by atoms with Crippen molar-refractivity contribution in [1.29, 1.82) is 0 Å². The Morgan fingerprint density at radius 2 is 1.86 bits per heavy atom. The third-order valence-corrected chi connectivity index (χ3v) is 2.99. The maximum atomic E-state index is 13.4. The summed E-state index contributed by atoms with van der Waals surface area (Å²) in [6.07, 6.45) is 0. The molecular formula is C13H12FN3O4. The Balaban J connectivity index is 1.94. The lowest BCUT2D eigenvalue weighted by molar-refractivity contribution is -0.143. The van der Waals surface area contributed by atoms with Gasteiger partial charge in [-0.1, -0.05) is 18.2 Å². The average Bonchev–Trinajstić information content (AvgIpc) is 2.64. The summed E-state index contributed by atoms with van der Waals surface area (Å²) in [6, 6.07) is 5.03. The molecule has 5 amide bonds. The van der Waals surface area contributed by atoms with E-state index < -0.39 is 36.1 Å². The minimum Gasteiger partial charge on any atom is -0.350 e. The number of nitrogens with zero attached hydrogens (tertiary/aromatic N) is 2. The third kappa shape index (κ3) is 2.88. The maximum absolute atomic E-state index is 13.4. The second kappa shape index (κ2) is 5.70. The largest absolute Gasteiger partial charge is 0.350 e. The van der Waals surface area contributed by atoms with E-state index in [1.165, 1.54) is 18.2 Å². The molecule has 1 aliphatic heterocycles. The number of carbonyl (C=O) groups is 4. The van der Waals surface area contributed by atoms with E-state index in [0.717, 1.165) is 7.05 Å². The molecule has 0 aromatic heterocycles. The van der Waals surface area contributed by atoms with Crippen molar-refractivity contribution >= 4 is 23.8 Å². The van der Waals surface area contributed by atoms with Crippen LogP contribution >= 0.6 is 0 Å². The summed E-state index contributed by atoms with van der Waals surface area (Å²) in [5.41, 5.74) is 0.276. The van der Waals surface area contributed by atoms with E-state index in [4.69, 9.17) is 0 Å². The summed E-state index contributed by atoms with van der Waals surface area (Å²) in [5.74, 6) is -3.17. The minimum absolute atomic E-state index is 0.0779. The van der Waals surface area contributed by atoms with Crippen molar-refractivity contribution in [2.75, 3.05) is 13.6 Å². The normalized spacial score (nSPS) is 14.9. The summed E-state index contributed by atoms with van der Waals surface area (Å²) in [7, 11) is 1.15. The molecule has 1 N–H and O–H groups in total. The Bertz CT molecular complexity index is 632. The topological polar surface area (TPSA) is 86.8 Å². The number of nitrogens with one attached hydrogen (secondary N) is 1. The fraction of sp³-hybridized carbons (Fsp3) is 0.231. The van der Waals surface area contributed by atoms with Crippen molar-refractivity contribution in [1.82, 2.24) is 15.1 Å². The fourth-order valence-corrected chi connectivity index (χ4v) is 1.79. The number of carbonyl (C=O) groups excluding carboxylic acids is 4. The number of imide groups is 2. The van der Waals surface area contributed by atoms with Crippen molar-refractivity contribution in [3.63, 3.8) is 0 Å². The van der Waals surface area contributed by atoms with Crippen molar-refractivity contribution in [3.05, 3.63) is 35.6 Å². The summed E-state index contributed by atoms with van der Waals surface area (Å²) in [6.45, 7) is -0.659. The van der Waals surface area contributed by atoms with Crippen LogP contribution in [0.15, 0.2) is 24.3 Å². The number of rotatable bonds is 4. The van der Waals surface area contributed by atoms with Gasteiger partial charge >= 0.3 is 17.8 Å². The lowest BCUT2D eigenvalue weighted by Crippen LogP contribution is -2.41. The second-order valence-electron chi connectivity index (χ2n) is 4.41. The SMILES string of the molecule is CN1C(=O)C(=O)N(CC(=O)NCc2ccccc2F)C1=O. The molecule has 110 valence electrons. The molecule has 1 heterocycles. The molecule has 2 rings (SSSR count). The van der Waals surface area contributed by atoms with E-state index in [1.54, 1.807) is 6.07 Å². The number of hydrogen-bond donors (Lipinski definition) is 1. The molecule has 1 saturated heterocycles. The van der Waals surface area contributed by atoms with Crippen LogP contribution in [0.25, 0.3) is 0 Å². The molecule has 7 nitrogen and oxygen atoms in total. The van der Waals surface area contributed by atoms with Crippen molar-refractivity contribution in [3.8, 4) is 0 Å². The van der Waals surface area contributed by atoms with E-state index in [-0.39, 0.29) is 12.1 Å². The van der Waals surface area contributed by atoms with Crippen LogP contribution < -0.4 is 5.32 Å². The monoisotopic (exact) mass is 293 g/mol. The second-order valence-corrected chi connectivity index (χ2v) is 4.41. The molecule has 0 radical (unpaired) electrons. The smallest absolute Gasteiger partial charge is 0.334 e. The zero-order valence-electron chi connectivity index (χ0n) is 11.1. The molecular weight excluding hydrogens is 281 g/mol. The van der Waals surface area contributed by atoms with Crippen LogP contribution in [0, 0.1) is 5.82 Å². The number of hydrogen-bond acceptors (Lipinski definition) is 4. The first-order valence-electron chi connectivity index (χ1n) is 6.05. The first-order valence-corrected chi connectivity index (χ1v) is 6.05. The summed E-state index contributed by atoms with van der Waals surface area (Å²) in [4.78, 5) is 47.1. The standard InChI is InChI=1S/C13H12FN3O4/c1-16-11(19)12(20)17(13(16)21)7-10(18)15-6-8-4-2-3-5-9(8)14/h2-5H,6-7H2,1H3,(H,15,18). The highest BCUT2D eigenvalue weighted by molar-refractivity contribution is 6.44. The summed E-state index contributed by atoms with van der Waals surface area (Å²) in [5, 5.41) is 2.38. The van der Waals surface area contributed by atoms with Crippen LogP contribution in [0.1, 0.15) is 5.56 Å². The highest BCUT2D eigenvalue weighted by atomic mass is 19.1. The first kappa shape index (κ1) is 14.6. The van der Waals surface area contributed by atoms with E-state index in [2.05, 4.69) is 5.32 Å². The Hall–Kier alpha value is -2.77. The quantitative estimate of drug-likeness (QED) is 0.618. The molecule has 8 heteroatoms. The zero-order chi connectivity index (χ0) is 15.6. The number of halogens is 1. The summed E-state index contributed by atoms with van der Waals surface area (Å²) >= 11 is 0. The van der Waals surface area contributed by atoms with Gasteiger partial charge in [-0.05, 0) is 6.07 Å². The van der Waals surface area contributed by atoms with E-state index >= 15 is 0 Å². The van der Waals surface area contributed by atoms with Gasteiger partial charge in [-0.3, -0.25) is 19.3 Å². The number of likely N-dealkylation sites (N-methyl/N-ethyl adjacent to an activating group) is 1. The Labute approximate surface area is 119 Å². The van der Waals surface area contributed by atoms with E-state index in [9.17, 15) is 23.6 Å². The van der Waals surface area contributed by atoms with Gasteiger partial charge in [0.1, 0.15) is 12.4 Å². The molecule has 0 atom stereocenters. The molecule has 0 saturated carbocycles. The van der Waals surface area contributed by atoms with Gasteiger partial charge in [0, 0.05) is 19.2 Å². The predicted octanol–water partition coefficient (Wildman–Crippen LogP) is -0.137. The maximum Gasteiger partial charge on any atom is 0.334 e. The van der Waals surface area contributed by atoms with E-state index in [1.807, 2.05) is 0 Å². The van der Waals surface area contributed by atoms with Crippen LogP contribution in [-0.4, -0.2) is 47.1 Å². The highest BCUT2D eigenvalue weighted by Crippen LogP contribution is 2.09. The fourth-order valence-electron chi connectivity index (χ4n) is 1.79. The van der Waals surface area contributed by atoms with Crippen molar-refractivity contribution in [2.24, 2.45) is 0 Å². The molecule has 0 aliphatic carbocycles. The van der Waals surface area contributed by atoms with Gasteiger partial charge in [0.15, 0.2) is 0 Å². The molecule has 21 heavy (non-hydrogen) atoms. The minimum atomic E-state index is -1.05. The number of amides is 5. The van der Waals surface area contributed by atoms with Crippen LogP contribution in [0.5, 0.6) is 0 Å². The Morgan fingerprint density at radius 3 is 2.43 bits per heavy atom. The highest BCUT2D eigenvalue weighted by Gasteiger charge is 2.42. The molecule has 1 aliphatic rings. The Morgan fingerprint density at radius 1 is 1.19 bits per heavy atom. The van der Waals surface area contributed by atoms with E-state index in [0.29, 0.717) is 9.80 Å². The van der Waals surface area contributed by atoms with Crippen LogP contribution in [0.2, 0.25) is 0 Å². The Kier molecular flexibility index (Phi) is 3.97. The molecule has 0 spiro atoms. The van der Waals surface area contributed by atoms with Crippen molar-refractivity contribution in [2.45, 2.75) is 6.54 Å². The van der Waals surface area contributed by atoms with Gasteiger partial charge in [0.05, 0.1) is 0 Å².